The Morgan fingerprint density at radius 2 is 2.06 bits per heavy atom. The molecule has 1 amide bonds. The van der Waals surface area contributed by atoms with Gasteiger partial charge in [0.05, 0.1) is 18.1 Å². The molecule has 11 heteroatoms. The van der Waals surface area contributed by atoms with Gasteiger partial charge in [-0.1, -0.05) is 6.07 Å². The van der Waals surface area contributed by atoms with Crippen LogP contribution in [0, 0.1) is 11.6 Å². The van der Waals surface area contributed by atoms with E-state index in [0.29, 0.717) is 30.0 Å². The first kappa shape index (κ1) is 26.7. The Kier molecular flexibility index (Phi) is 11.3. The number of amides is 1. The van der Waals surface area contributed by atoms with E-state index in [0.717, 1.165) is 38.1 Å². The van der Waals surface area contributed by atoms with Crippen LogP contribution in [-0.4, -0.2) is 51.7 Å². The fraction of sp³-hybridized carbons (Fsp3) is 0.350. The minimum Gasteiger partial charge on any atom is -0.365 e. The van der Waals surface area contributed by atoms with E-state index in [4.69, 9.17) is 5.21 Å². The van der Waals surface area contributed by atoms with Gasteiger partial charge in [-0.25, -0.2) is 19.2 Å². The van der Waals surface area contributed by atoms with Crippen molar-refractivity contribution in [2.75, 3.05) is 25.0 Å². The molecule has 3 rings (SSSR count). The molecule has 31 heavy (non-hydrogen) atoms. The molecule has 7 nitrogen and oxygen atoms in total. The van der Waals surface area contributed by atoms with Crippen molar-refractivity contribution >= 4 is 42.6 Å². The van der Waals surface area contributed by atoms with Crippen LogP contribution in [0.25, 0.3) is 6.08 Å². The van der Waals surface area contributed by atoms with Crippen LogP contribution in [0.4, 0.5) is 14.6 Å². The van der Waals surface area contributed by atoms with E-state index in [2.05, 4.69) is 20.2 Å². The van der Waals surface area contributed by atoms with Crippen LogP contribution in [0.5, 0.6) is 0 Å². The van der Waals surface area contributed by atoms with Crippen molar-refractivity contribution < 1.29 is 18.8 Å². The minimum atomic E-state index is -0.642. The zero-order valence-corrected chi connectivity index (χ0v) is 18.3. The van der Waals surface area contributed by atoms with Gasteiger partial charge in [0.1, 0.15) is 17.5 Å². The summed E-state index contributed by atoms with van der Waals surface area (Å²) in [7, 11) is 0. The van der Waals surface area contributed by atoms with Crippen molar-refractivity contribution in [3.05, 3.63) is 59.6 Å². The van der Waals surface area contributed by atoms with Gasteiger partial charge in [0.2, 0.25) is 0 Å². The maximum atomic E-state index is 13.8. The molecule has 1 aliphatic heterocycles. The zero-order valence-electron chi connectivity index (χ0n) is 16.6. The largest absolute Gasteiger partial charge is 0.365 e. The summed E-state index contributed by atoms with van der Waals surface area (Å²) in [5, 5.41) is 11.8. The van der Waals surface area contributed by atoms with Crippen molar-refractivity contribution in [2.24, 2.45) is 0 Å². The van der Waals surface area contributed by atoms with E-state index in [1.165, 1.54) is 29.9 Å². The topological polar surface area (TPSA) is 90.4 Å². The number of aromatic nitrogens is 2. The molecule has 1 saturated heterocycles. The number of nitrogens with one attached hydrogen (secondary N) is 2. The molecule has 0 saturated carbocycles. The summed E-state index contributed by atoms with van der Waals surface area (Å²) < 4.78 is 26.8. The smallest absolute Gasteiger partial charge is 0.267 e. The first-order chi connectivity index (χ1) is 14.0. The number of carbonyl (C=O) groups excluding carboxylic acids is 1. The summed E-state index contributed by atoms with van der Waals surface area (Å²) in [5.41, 5.74) is 2.51. The fourth-order valence-electron chi connectivity index (χ4n) is 3.29. The van der Waals surface area contributed by atoms with Crippen LogP contribution in [-0.2, 0) is 11.2 Å². The Balaban J connectivity index is 0.00000240. The molecule has 3 N–H and O–H groups in total. The third kappa shape index (κ3) is 8.37. The number of benzene rings is 1. The first-order valence-corrected chi connectivity index (χ1v) is 9.40. The molecule has 2 aromatic rings. The lowest BCUT2D eigenvalue weighted by molar-refractivity contribution is -0.124. The number of halogens is 4. The number of piperidine rings is 1. The zero-order chi connectivity index (χ0) is 20.6. The summed E-state index contributed by atoms with van der Waals surface area (Å²) in [5.74, 6) is -1.08. The average molecular weight is 476 g/mol. The number of rotatable bonds is 7. The van der Waals surface area contributed by atoms with E-state index in [1.54, 1.807) is 6.20 Å². The Bertz CT molecular complexity index is 871. The normalized spacial score (nSPS) is 16.3. The molecular formula is C20H25Cl2F2N5O2. The summed E-state index contributed by atoms with van der Waals surface area (Å²) >= 11 is 0. The van der Waals surface area contributed by atoms with Crippen molar-refractivity contribution in [3.63, 3.8) is 0 Å². The van der Waals surface area contributed by atoms with Crippen LogP contribution in [0.1, 0.15) is 24.1 Å². The third-order valence-electron chi connectivity index (χ3n) is 4.76. The number of nitrogens with zero attached hydrogens (tertiary/aromatic N) is 3. The van der Waals surface area contributed by atoms with Crippen molar-refractivity contribution in [3.8, 4) is 0 Å². The second kappa shape index (κ2) is 13.2. The van der Waals surface area contributed by atoms with Gasteiger partial charge in [0.25, 0.3) is 5.91 Å². The maximum Gasteiger partial charge on any atom is 0.267 e. The van der Waals surface area contributed by atoms with Gasteiger partial charge in [-0.2, -0.15) is 0 Å². The van der Waals surface area contributed by atoms with Crippen molar-refractivity contribution in [1.82, 2.24) is 20.3 Å². The van der Waals surface area contributed by atoms with Gasteiger partial charge in [0.15, 0.2) is 0 Å². The van der Waals surface area contributed by atoms with Gasteiger partial charge in [-0.15, -0.1) is 24.8 Å². The number of anilines is 1. The Morgan fingerprint density at radius 3 is 2.74 bits per heavy atom. The summed E-state index contributed by atoms with van der Waals surface area (Å²) in [4.78, 5) is 21.7. The third-order valence-corrected chi connectivity index (χ3v) is 4.76. The molecule has 170 valence electrons. The fourth-order valence-corrected chi connectivity index (χ4v) is 3.29. The predicted octanol–water partition coefficient (Wildman–Crippen LogP) is 3.24. The molecule has 0 unspecified atom stereocenters. The lowest BCUT2D eigenvalue weighted by Gasteiger charge is -2.33. The van der Waals surface area contributed by atoms with E-state index < -0.39 is 17.5 Å². The number of hydroxylamine groups is 1. The van der Waals surface area contributed by atoms with Gasteiger partial charge < -0.3 is 10.2 Å². The molecule has 0 spiro atoms. The Hall–Kier alpha value is -2.33. The highest BCUT2D eigenvalue weighted by atomic mass is 35.5. The van der Waals surface area contributed by atoms with E-state index in [-0.39, 0.29) is 30.9 Å². The summed E-state index contributed by atoms with van der Waals surface area (Å²) in [6.45, 7) is 2.43. The van der Waals surface area contributed by atoms with Crippen LogP contribution >= 0.6 is 24.8 Å². The van der Waals surface area contributed by atoms with Crippen LogP contribution in [0.3, 0.4) is 0 Å². The second-order valence-electron chi connectivity index (χ2n) is 6.91. The van der Waals surface area contributed by atoms with E-state index in [9.17, 15) is 13.6 Å². The van der Waals surface area contributed by atoms with Crippen molar-refractivity contribution in [2.45, 2.75) is 25.3 Å². The number of hydrogen-bond acceptors (Lipinski definition) is 6. The molecule has 1 aliphatic rings. The molecule has 1 fully saturated rings. The molecule has 0 bridgehead atoms. The highest BCUT2D eigenvalue weighted by molar-refractivity contribution is 5.90. The Morgan fingerprint density at radius 1 is 1.26 bits per heavy atom. The van der Waals surface area contributed by atoms with Crippen LogP contribution < -0.4 is 10.8 Å². The lowest BCUT2D eigenvalue weighted by atomic mass is 10.0. The van der Waals surface area contributed by atoms with Crippen molar-refractivity contribution in [1.29, 1.82) is 0 Å². The summed E-state index contributed by atoms with van der Waals surface area (Å²) in [6, 6.07) is 3.90. The quantitative estimate of drug-likeness (QED) is 0.323. The number of carbonyl (C=O) groups is 1. The Labute approximate surface area is 191 Å². The highest BCUT2D eigenvalue weighted by Gasteiger charge is 2.20. The standard InChI is InChI=1S/C20H23F2N5O2.2ClH/c21-15-4-3-14(18(22)10-15)7-9-27-8-1-2-17(13-27)25-19-12-23-16(11-24-19)5-6-20(28)26-29;;/h3-6,10-12,17,29H,1-2,7-9,13H2,(H,24,25)(H,26,28);2*1H/t17-;;/m1../s1. The molecule has 2 heterocycles. The van der Waals surface area contributed by atoms with E-state index in [1.807, 2.05) is 0 Å². The minimum absolute atomic E-state index is 0. The van der Waals surface area contributed by atoms with Gasteiger partial charge >= 0.3 is 0 Å². The van der Waals surface area contributed by atoms with Gasteiger partial charge in [-0.3, -0.25) is 15.0 Å². The number of hydrogen-bond donors (Lipinski definition) is 3. The van der Waals surface area contributed by atoms with Crippen LogP contribution in [0.2, 0.25) is 0 Å². The second-order valence-corrected chi connectivity index (χ2v) is 6.91. The predicted molar refractivity (Wildman–Crippen MR) is 119 cm³/mol. The molecule has 1 aromatic carbocycles. The first-order valence-electron chi connectivity index (χ1n) is 9.40. The molecule has 1 aromatic heterocycles. The lowest BCUT2D eigenvalue weighted by Crippen LogP contribution is -2.43. The van der Waals surface area contributed by atoms with E-state index >= 15 is 0 Å². The molecule has 1 atom stereocenters. The van der Waals surface area contributed by atoms with Gasteiger partial charge in [-0.05, 0) is 43.5 Å². The average Bonchev–Trinajstić information content (AvgIpc) is 2.72. The monoisotopic (exact) mass is 475 g/mol. The van der Waals surface area contributed by atoms with Gasteiger partial charge in [0, 0.05) is 31.3 Å². The SMILES string of the molecule is Cl.Cl.O=C(C=Cc1cnc(N[C@@H]2CCCN(CCc3ccc(F)cc3F)C2)cn1)NO. The molecular weight excluding hydrogens is 451 g/mol. The molecule has 0 radical (unpaired) electrons. The highest BCUT2D eigenvalue weighted by Crippen LogP contribution is 2.16. The molecule has 0 aliphatic carbocycles. The summed E-state index contributed by atoms with van der Waals surface area (Å²) in [6.07, 6.45) is 8.24. The number of likely N-dealkylation sites (tertiary alicyclic amines) is 1. The maximum absolute atomic E-state index is 13.8. The van der Waals surface area contributed by atoms with Crippen LogP contribution in [0.15, 0.2) is 36.7 Å².